The first-order chi connectivity index (χ1) is 9.95. The molecule has 0 saturated heterocycles. The van der Waals surface area contributed by atoms with Gasteiger partial charge in [0.1, 0.15) is 0 Å². The fourth-order valence-electron chi connectivity index (χ4n) is 1.98. The van der Waals surface area contributed by atoms with Gasteiger partial charge in [0.2, 0.25) is 10.0 Å². The fourth-order valence-corrected chi connectivity index (χ4v) is 3.19. The molecule has 0 aliphatic carbocycles. The van der Waals surface area contributed by atoms with Crippen LogP contribution in [0.25, 0.3) is 10.8 Å². The second kappa shape index (κ2) is 6.24. The van der Waals surface area contributed by atoms with E-state index < -0.39 is 16.0 Å². The molecule has 0 heterocycles. The lowest BCUT2D eigenvalue weighted by molar-refractivity contribution is -0.140. The molecule has 0 aliphatic heterocycles. The Morgan fingerprint density at radius 2 is 1.81 bits per heavy atom. The summed E-state index contributed by atoms with van der Waals surface area (Å²) in [6, 6.07) is 12.5. The van der Waals surface area contributed by atoms with Crippen LogP contribution in [0.3, 0.4) is 0 Å². The first-order valence-electron chi connectivity index (χ1n) is 6.47. The van der Waals surface area contributed by atoms with E-state index in [1.165, 1.54) is 14.2 Å². The third-order valence-electron chi connectivity index (χ3n) is 3.29. The monoisotopic (exact) mass is 307 g/mol. The second-order valence-electron chi connectivity index (χ2n) is 4.66. The van der Waals surface area contributed by atoms with Crippen LogP contribution in [0.1, 0.15) is 6.42 Å². The smallest absolute Gasteiger partial charge is 0.306 e. The highest BCUT2D eigenvalue weighted by molar-refractivity contribution is 7.89. The molecule has 2 rings (SSSR count). The molecule has 2 aromatic carbocycles. The van der Waals surface area contributed by atoms with Crippen LogP contribution < -0.4 is 0 Å². The Hall–Kier alpha value is -1.92. The Kier molecular flexibility index (Phi) is 4.59. The molecule has 0 aromatic heterocycles. The normalized spacial score (nSPS) is 11.8. The molecular weight excluding hydrogens is 290 g/mol. The highest BCUT2D eigenvalue weighted by atomic mass is 32.2. The number of benzene rings is 2. The van der Waals surface area contributed by atoms with Gasteiger partial charge in [0.05, 0.1) is 18.4 Å². The Balaban J connectivity index is 2.26. The molecule has 0 unspecified atom stereocenters. The molecular formula is C15H17NO4S. The van der Waals surface area contributed by atoms with E-state index in [0.29, 0.717) is 0 Å². The lowest BCUT2D eigenvalue weighted by Crippen LogP contribution is -2.29. The first kappa shape index (κ1) is 15.5. The van der Waals surface area contributed by atoms with Crippen LogP contribution in [0.15, 0.2) is 47.4 Å². The van der Waals surface area contributed by atoms with E-state index in [-0.39, 0.29) is 17.9 Å². The molecule has 0 atom stereocenters. The van der Waals surface area contributed by atoms with Crippen molar-refractivity contribution >= 4 is 26.8 Å². The van der Waals surface area contributed by atoms with E-state index in [1.807, 2.05) is 24.3 Å². The molecule has 0 amide bonds. The molecule has 0 fully saturated rings. The van der Waals surface area contributed by atoms with Crippen molar-refractivity contribution in [3.63, 3.8) is 0 Å². The number of methoxy groups -OCH3 is 1. The van der Waals surface area contributed by atoms with Crippen molar-refractivity contribution < 1.29 is 17.9 Å². The number of nitrogens with zero attached hydrogens (tertiary/aromatic N) is 1. The van der Waals surface area contributed by atoms with Crippen LogP contribution in [0.2, 0.25) is 0 Å². The maximum Gasteiger partial charge on any atom is 0.306 e. The lowest BCUT2D eigenvalue weighted by atomic mass is 10.1. The summed E-state index contributed by atoms with van der Waals surface area (Å²) in [5.74, 6) is -0.435. The maximum atomic E-state index is 12.5. The number of ether oxygens (including phenoxy) is 1. The van der Waals surface area contributed by atoms with Gasteiger partial charge >= 0.3 is 5.97 Å². The minimum atomic E-state index is -3.61. The zero-order valence-electron chi connectivity index (χ0n) is 11.9. The van der Waals surface area contributed by atoms with Gasteiger partial charge in [-0.2, -0.15) is 0 Å². The van der Waals surface area contributed by atoms with Crippen molar-refractivity contribution in [2.24, 2.45) is 0 Å². The zero-order chi connectivity index (χ0) is 15.5. The number of hydrogen-bond acceptors (Lipinski definition) is 4. The van der Waals surface area contributed by atoms with Gasteiger partial charge in [0.25, 0.3) is 0 Å². The van der Waals surface area contributed by atoms with Crippen LogP contribution in [0.4, 0.5) is 0 Å². The van der Waals surface area contributed by atoms with Gasteiger partial charge in [-0.15, -0.1) is 0 Å². The SMILES string of the molecule is COC(=O)CCN(C)S(=O)(=O)c1ccc2ccccc2c1. The zero-order valence-corrected chi connectivity index (χ0v) is 12.8. The summed E-state index contributed by atoms with van der Waals surface area (Å²) >= 11 is 0. The van der Waals surface area contributed by atoms with E-state index in [4.69, 9.17) is 0 Å². The van der Waals surface area contributed by atoms with Crippen LogP contribution in [-0.2, 0) is 19.6 Å². The number of hydrogen-bond donors (Lipinski definition) is 0. The Labute approximate surface area is 124 Å². The van der Waals surface area contributed by atoms with E-state index in [2.05, 4.69) is 4.74 Å². The second-order valence-corrected chi connectivity index (χ2v) is 6.71. The molecule has 2 aromatic rings. The summed E-state index contributed by atoms with van der Waals surface area (Å²) < 4.78 is 30.6. The van der Waals surface area contributed by atoms with Gasteiger partial charge in [0.15, 0.2) is 0 Å². The highest BCUT2D eigenvalue weighted by Gasteiger charge is 2.21. The molecule has 0 radical (unpaired) electrons. The molecule has 112 valence electrons. The van der Waals surface area contributed by atoms with Crippen molar-refractivity contribution in [2.75, 3.05) is 20.7 Å². The largest absolute Gasteiger partial charge is 0.469 e. The molecule has 0 saturated carbocycles. The quantitative estimate of drug-likeness (QED) is 0.793. The molecule has 21 heavy (non-hydrogen) atoms. The van der Waals surface area contributed by atoms with Gasteiger partial charge in [-0.25, -0.2) is 12.7 Å². The van der Waals surface area contributed by atoms with Crippen molar-refractivity contribution in [3.05, 3.63) is 42.5 Å². The minimum absolute atomic E-state index is 0.0276. The van der Waals surface area contributed by atoms with Crippen molar-refractivity contribution in [3.8, 4) is 0 Å². The average molecular weight is 307 g/mol. The lowest BCUT2D eigenvalue weighted by Gasteiger charge is -2.16. The summed E-state index contributed by atoms with van der Waals surface area (Å²) in [6.45, 7) is 0.0852. The Bertz CT molecular complexity index is 755. The van der Waals surface area contributed by atoms with Gasteiger partial charge in [-0.05, 0) is 22.9 Å². The standard InChI is InChI=1S/C15H17NO4S/c1-16(10-9-15(17)20-2)21(18,19)14-8-7-12-5-3-4-6-13(12)11-14/h3-8,11H,9-10H2,1-2H3. The molecule has 5 nitrogen and oxygen atoms in total. The van der Waals surface area contributed by atoms with Crippen LogP contribution in [-0.4, -0.2) is 39.4 Å². The van der Waals surface area contributed by atoms with E-state index in [9.17, 15) is 13.2 Å². The van der Waals surface area contributed by atoms with Crippen LogP contribution >= 0.6 is 0 Å². The predicted molar refractivity (Wildman–Crippen MR) is 80.4 cm³/mol. The maximum absolute atomic E-state index is 12.5. The van der Waals surface area contributed by atoms with Gasteiger partial charge < -0.3 is 4.74 Å². The van der Waals surface area contributed by atoms with E-state index in [0.717, 1.165) is 15.1 Å². The summed E-state index contributed by atoms with van der Waals surface area (Å²) in [6.07, 6.45) is 0.0276. The summed E-state index contributed by atoms with van der Waals surface area (Å²) in [5.41, 5.74) is 0. The summed E-state index contributed by atoms with van der Waals surface area (Å²) in [4.78, 5) is 11.3. The van der Waals surface area contributed by atoms with Crippen LogP contribution in [0.5, 0.6) is 0 Å². The number of sulfonamides is 1. The minimum Gasteiger partial charge on any atom is -0.469 e. The Morgan fingerprint density at radius 1 is 1.14 bits per heavy atom. The van der Waals surface area contributed by atoms with Gasteiger partial charge in [-0.3, -0.25) is 4.79 Å². The van der Waals surface area contributed by atoms with Gasteiger partial charge in [-0.1, -0.05) is 30.3 Å². The van der Waals surface area contributed by atoms with Crippen molar-refractivity contribution in [1.82, 2.24) is 4.31 Å². The van der Waals surface area contributed by atoms with E-state index in [1.54, 1.807) is 18.2 Å². The van der Waals surface area contributed by atoms with Crippen molar-refractivity contribution in [2.45, 2.75) is 11.3 Å². The van der Waals surface area contributed by atoms with Gasteiger partial charge in [0, 0.05) is 13.6 Å². The number of carbonyl (C=O) groups is 1. The van der Waals surface area contributed by atoms with Crippen LogP contribution in [0, 0.1) is 0 Å². The van der Waals surface area contributed by atoms with Crippen molar-refractivity contribution in [1.29, 1.82) is 0 Å². The number of esters is 1. The molecule has 0 N–H and O–H groups in total. The van der Waals surface area contributed by atoms with E-state index >= 15 is 0 Å². The third kappa shape index (κ3) is 3.40. The Morgan fingerprint density at radius 3 is 2.48 bits per heavy atom. The summed E-state index contributed by atoms with van der Waals surface area (Å²) in [7, 11) is -0.879. The summed E-state index contributed by atoms with van der Waals surface area (Å²) in [5, 5.41) is 1.84. The molecule has 0 spiro atoms. The topological polar surface area (TPSA) is 63.7 Å². The predicted octanol–water partition coefficient (Wildman–Crippen LogP) is 2.02. The highest BCUT2D eigenvalue weighted by Crippen LogP contribution is 2.21. The molecule has 0 aliphatic rings. The number of rotatable bonds is 5. The average Bonchev–Trinajstić information content (AvgIpc) is 2.51. The molecule has 0 bridgehead atoms. The fraction of sp³-hybridized carbons (Fsp3) is 0.267. The first-order valence-corrected chi connectivity index (χ1v) is 7.91. The third-order valence-corrected chi connectivity index (χ3v) is 5.14. The number of fused-ring (bicyclic) bond motifs is 1. The molecule has 6 heteroatoms. The number of carbonyl (C=O) groups excluding carboxylic acids is 1.